The van der Waals surface area contributed by atoms with E-state index in [2.05, 4.69) is 5.43 Å². The molecule has 1 aromatic carbocycles. The third-order valence-electron chi connectivity index (χ3n) is 4.26. The number of benzene rings is 1. The van der Waals surface area contributed by atoms with Crippen molar-refractivity contribution in [2.45, 2.75) is 70.8 Å². The Bertz CT molecular complexity index is 791. The van der Waals surface area contributed by atoms with Gasteiger partial charge in [0, 0.05) is 5.56 Å². The number of carbonyl (C=O) groups excluding carboxylic acids is 2. The molecular weight excluding hydrogens is 360 g/mol. The lowest BCUT2D eigenvalue weighted by Crippen LogP contribution is -2.55. The highest BCUT2D eigenvalue weighted by Gasteiger charge is 2.46. The van der Waals surface area contributed by atoms with Crippen LogP contribution in [-0.4, -0.2) is 40.5 Å². The lowest BCUT2D eigenvalue weighted by atomic mass is 9.93. The van der Waals surface area contributed by atoms with Crippen LogP contribution in [0, 0.1) is 0 Å². The van der Waals surface area contributed by atoms with Crippen LogP contribution in [0.5, 0.6) is 5.75 Å². The van der Waals surface area contributed by atoms with Gasteiger partial charge in [0.1, 0.15) is 23.1 Å². The standard InChI is InChI=1S/C21H28N2O5/c1-20(2,3)27-18(24)22-23(19(25)28-21(4,5)6)14-11-12-16-17(14)13-9-7-8-10-15(13)26-16/h7-12,14,16-17H,1-6H3,(H,22,24)/t14-,16-,17+/m1/s1. The van der Waals surface area contributed by atoms with Crippen molar-refractivity contribution in [2.24, 2.45) is 0 Å². The van der Waals surface area contributed by atoms with Crippen LogP contribution in [0.1, 0.15) is 53.0 Å². The second-order valence-electron chi connectivity index (χ2n) is 8.99. The molecule has 1 N–H and O–H groups in total. The number of nitrogens with one attached hydrogen (secondary N) is 1. The maximum Gasteiger partial charge on any atom is 0.429 e. The van der Waals surface area contributed by atoms with Gasteiger partial charge in [-0.05, 0) is 53.7 Å². The van der Waals surface area contributed by atoms with Crippen molar-refractivity contribution < 1.29 is 23.8 Å². The Hall–Kier alpha value is -2.70. The van der Waals surface area contributed by atoms with E-state index in [9.17, 15) is 9.59 Å². The monoisotopic (exact) mass is 388 g/mol. The molecule has 2 aliphatic rings. The average Bonchev–Trinajstić information content (AvgIpc) is 3.08. The number of fused-ring (bicyclic) bond motifs is 3. The van der Waals surface area contributed by atoms with Crippen LogP contribution in [0.25, 0.3) is 0 Å². The molecule has 3 atom stereocenters. The number of ether oxygens (including phenoxy) is 3. The van der Waals surface area contributed by atoms with Gasteiger partial charge in [-0.3, -0.25) is 0 Å². The molecule has 0 aromatic heterocycles. The molecule has 3 rings (SSSR count). The molecule has 0 radical (unpaired) electrons. The Morgan fingerprint density at radius 3 is 2.29 bits per heavy atom. The smallest absolute Gasteiger partial charge is 0.429 e. The van der Waals surface area contributed by atoms with Gasteiger partial charge in [-0.2, -0.15) is 0 Å². The van der Waals surface area contributed by atoms with Gasteiger partial charge in [0.25, 0.3) is 0 Å². The number of amides is 2. The number of hydrogen-bond acceptors (Lipinski definition) is 5. The first-order chi connectivity index (χ1) is 12.9. The van der Waals surface area contributed by atoms with Gasteiger partial charge in [-0.1, -0.05) is 24.3 Å². The van der Waals surface area contributed by atoms with Crippen LogP contribution in [-0.2, 0) is 9.47 Å². The molecule has 2 amide bonds. The number of hydrogen-bond donors (Lipinski definition) is 1. The number of rotatable bonds is 1. The molecule has 7 heteroatoms. The molecular formula is C21H28N2O5. The minimum atomic E-state index is -0.720. The predicted octanol–water partition coefficient (Wildman–Crippen LogP) is 4.15. The Labute approximate surface area is 165 Å². The zero-order chi connectivity index (χ0) is 20.7. The van der Waals surface area contributed by atoms with Gasteiger partial charge in [-0.15, -0.1) is 0 Å². The molecule has 1 aliphatic heterocycles. The van der Waals surface area contributed by atoms with Crippen molar-refractivity contribution in [3.63, 3.8) is 0 Å². The topological polar surface area (TPSA) is 77.1 Å². The summed E-state index contributed by atoms with van der Waals surface area (Å²) < 4.78 is 16.8. The Morgan fingerprint density at radius 2 is 1.64 bits per heavy atom. The minimum absolute atomic E-state index is 0.140. The van der Waals surface area contributed by atoms with Crippen LogP contribution < -0.4 is 10.2 Å². The Morgan fingerprint density at radius 1 is 1.00 bits per heavy atom. The van der Waals surface area contributed by atoms with Crippen LogP contribution in [0.4, 0.5) is 9.59 Å². The van der Waals surface area contributed by atoms with E-state index >= 15 is 0 Å². The molecule has 1 aromatic rings. The van der Waals surface area contributed by atoms with Crippen LogP contribution >= 0.6 is 0 Å². The highest BCUT2D eigenvalue weighted by Crippen LogP contribution is 2.45. The van der Waals surface area contributed by atoms with Gasteiger partial charge >= 0.3 is 12.2 Å². The minimum Gasteiger partial charge on any atom is -0.485 e. The van der Waals surface area contributed by atoms with Crippen molar-refractivity contribution in [2.75, 3.05) is 0 Å². The third kappa shape index (κ3) is 4.40. The summed E-state index contributed by atoms with van der Waals surface area (Å²) >= 11 is 0. The fourth-order valence-electron chi connectivity index (χ4n) is 3.34. The first-order valence-electron chi connectivity index (χ1n) is 9.40. The maximum absolute atomic E-state index is 12.9. The summed E-state index contributed by atoms with van der Waals surface area (Å²) in [6.45, 7) is 10.6. The van der Waals surface area contributed by atoms with Crippen molar-refractivity contribution >= 4 is 12.2 Å². The van der Waals surface area contributed by atoms with Crippen molar-refractivity contribution in [3.05, 3.63) is 42.0 Å². The zero-order valence-electron chi connectivity index (χ0n) is 17.2. The summed E-state index contributed by atoms with van der Waals surface area (Å²) in [6, 6.07) is 7.25. The first-order valence-corrected chi connectivity index (χ1v) is 9.40. The Balaban J connectivity index is 1.87. The molecule has 0 spiro atoms. The highest BCUT2D eigenvalue weighted by atomic mass is 16.6. The molecule has 1 aliphatic carbocycles. The summed E-state index contributed by atoms with van der Waals surface area (Å²) in [4.78, 5) is 25.3. The quantitative estimate of drug-likeness (QED) is 0.578. The maximum atomic E-state index is 12.9. The lowest BCUT2D eigenvalue weighted by molar-refractivity contribution is -0.00779. The fraction of sp³-hybridized carbons (Fsp3) is 0.524. The van der Waals surface area contributed by atoms with Crippen LogP contribution in [0.15, 0.2) is 36.4 Å². The summed E-state index contributed by atoms with van der Waals surface area (Å²) in [7, 11) is 0. The molecule has 0 unspecified atom stereocenters. The predicted molar refractivity (Wildman–Crippen MR) is 104 cm³/mol. The van der Waals surface area contributed by atoms with E-state index in [4.69, 9.17) is 14.2 Å². The molecule has 0 bridgehead atoms. The molecule has 0 fully saturated rings. The molecule has 0 saturated heterocycles. The van der Waals surface area contributed by atoms with E-state index in [1.807, 2.05) is 36.4 Å². The van der Waals surface area contributed by atoms with E-state index in [-0.39, 0.29) is 12.0 Å². The number of hydrazine groups is 1. The van der Waals surface area contributed by atoms with Gasteiger partial charge in [0.05, 0.1) is 12.0 Å². The molecule has 28 heavy (non-hydrogen) atoms. The van der Waals surface area contributed by atoms with Crippen LogP contribution in [0.2, 0.25) is 0 Å². The van der Waals surface area contributed by atoms with Crippen LogP contribution in [0.3, 0.4) is 0 Å². The Kier molecular flexibility index (Phi) is 5.04. The van der Waals surface area contributed by atoms with E-state index in [0.29, 0.717) is 0 Å². The fourth-order valence-corrected chi connectivity index (χ4v) is 3.34. The lowest BCUT2D eigenvalue weighted by Gasteiger charge is -2.34. The summed E-state index contributed by atoms with van der Waals surface area (Å²) in [5.41, 5.74) is 2.15. The SMILES string of the molecule is CC(C)(C)OC(=O)NN(C(=O)OC(C)(C)C)[C@@H]1C=C[C@H]2Oc3ccccc3[C@@H]12. The van der Waals surface area contributed by atoms with Crippen molar-refractivity contribution in [1.29, 1.82) is 0 Å². The van der Waals surface area contributed by atoms with Gasteiger partial charge in [0.2, 0.25) is 0 Å². The number of nitrogens with zero attached hydrogens (tertiary/aromatic N) is 1. The highest BCUT2D eigenvalue weighted by molar-refractivity contribution is 5.75. The molecule has 1 heterocycles. The van der Waals surface area contributed by atoms with Gasteiger partial charge in [-0.25, -0.2) is 20.0 Å². The van der Waals surface area contributed by atoms with E-state index in [1.165, 1.54) is 5.01 Å². The molecule has 152 valence electrons. The second kappa shape index (κ2) is 7.04. The summed E-state index contributed by atoms with van der Waals surface area (Å²) in [5.74, 6) is 0.645. The third-order valence-corrected chi connectivity index (χ3v) is 4.26. The van der Waals surface area contributed by atoms with E-state index in [0.717, 1.165) is 11.3 Å². The number of para-hydroxylation sites is 1. The zero-order valence-corrected chi connectivity index (χ0v) is 17.2. The largest absolute Gasteiger partial charge is 0.485 e. The molecule has 0 saturated carbocycles. The average molecular weight is 388 g/mol. The van der Waals surface area contributed by atoms with Gasteiger partial charge < -0.3 is 14.2 Å². The summed E-state index contributed by atoms with van der Waals surface area (Å²) in [6.07, 6.45) is 2.18. The normalized spacial score (nSPS) is 22.7. The number of carbonyl (C=O) groups is 2. The first kappa shape index (κ1) is 20.0. The second-order valence-corrected chi connectivity index (χ2v) is 8.99. The van der Waals surface area contributed by atoms with E-state index in [1.54, 1.807) is 41.5 Å². The molecule has 7 nitrogen and oxygen atoms in total. The van der Waals surface area contributed by atoms with Crippen molar-refractivity contribution in [3.8, 4) is 5.75 Å². The van der Waals surface area contributed by atoms with Gasteiger partial charge in [0.15, 0.2) is 0 Å². The summed E-state index contributed by atoms with van der Waals surface area (Å²) in [5, 5.41) is 1.20. The van der Waals surface area contributed by atoms with Crippen molar-refractivity contribution in [1.82, 2.24) is 10.4 Å². The van der Waals surface area contributed by atoms with E-state index < -0.39 is 29.4 Å².